The third kappa shape index (κ3) is 3.93. The van der Waals surface area contributed by atoms with Gasteiger partial charge < -0.3 is 4.90 Å². The summed E-state index contributed by atoms with van der Waals surface area (Å²) in [5, 5.41) is 1.14. The summed E-state index contributed by atoms with van der Waals surface area (Å²) in [6.45, 7) is 10.5. The van der Waals surface area contributed by atoms with Crippen LogP contribution in [0.15, 0.2) is 18.2 Å². The SMILES string of the molecule is Cc1cccc(C)c1-c1nc2c(s1)CN(CC(=O)N1CCN(C3CCC3)CC1)CC2. The molecule has 2 aromatic rings. The number of piperazine rings is 1. The van der Waals surface area contributed by atoms with E-state index >= 15 is 0 Å². The Morgan fingerprint density at radius 2 is 1.83 bits per heavy atom. The molecule has 3 aliphatic rings. The lowest BCUT2D eigenvalue weighted by molar-refractivity contribution is -0.135. The first-order chi connectivity index (χ1) is 14.6. The lowest BCUT2D eigenvalue weighted by Crippen LogP contribution is -2.55. The number of hydrogen-bond donors (Lipinski definition) is 0. The van der Waals surface area contributed by atoms with Crippen molar-refractivity contribution in [2.45, 2.75) is 52.1 Å². The van der Waals surface area contributed by atoms with Gasteiger partial charge in [0.1, 0.15) is 5.01 Å². The van der Waals surface area contributed by atoms with E-state index in [-0.39, 0.29) is 0 Å². The van der Waals surface area contributed by atoms with Gasteiger partial charge in [-0.1, -0.05) is 24.6 Å². The fourth-order valence-electron chi connectivity index (χ4n) is 5.02. The maximum absolute atomic E-state index is 12.9. The molecule has 1 aliphatic carbocycles. The van der Waals surface area contributed by atoms with Gasteiger partial charge in [0.15, 0.2) is 0 Å². The minimum Gasteiger partial charge on any atom is -0.339 e. The normalized spacial score (nSPS) is 20.8. The van der Waals surface area contributed by atoms with Crippen molar-refractivity contribution in [2.75, 3.05) is 39.3 Å². The number of benzene rings is 1. The van der Waals surface area contributed by atoms with E-state index < -0.39 is 0 Å². The van der Waals surface area contributed by atoms with Crippen molar-refractivity contribution in [3.63, 3.8) is 0 Å². The quantitative estimate of drug-likeness (QED) is 0.753. The van der Waals surface area contributed by atoms with E-state index in [1.165, 1.54) is 46.5 Å². The highest BCUT2D eigenvalue weighted by atomic mass is 32.1. The molecular formula is C24H32N4OS. The van der Waals surface area contributed by atoms with Gasteiger partial charge in [-0.2, -0.15) is 0 Å². The molecule has 2 aliphatic heterocycles. The minimum absolute atomic E-state index is 0.297. The Morgan fingerprint density at radius 1 is 1.10 bits per heavy atom. The Morgan fingerprint density at radius 3 is 2.50 bits per heavy atom. The Kier molecular flexibility index (Phi) is 5.65. The van der Waals surface area contributed by atoms with Crippen LogP contribution in [0.2, 0.25) is 0 Å². The van der Waals surface area contributed by atoms with Crippen LogP contribution in [-0.4, -0.2) is 70.9 Å². The van der Waals surface area contributed by atoms with E-state index in [2.05, 4.69) is 46.7 Å². The third-order valence-corrected chi connectivity index (χ3v) is 8.22. The summed E-state index contributed by atoms with van der Waals surface area (Å²) < 4.78 is 0. The van der Waals surface area contributed by atoms with Gasteiger partial charge in [0.05, 0.1) is 12.2 Å². The molecule has 1 amide bonds. The summed E-state index contributed by atoms with van der Waals surface area (Å²) in [6.07, 6.45) is 5.02. The van der Waals surface area contributed by atoms with E-state index in [4.69, 9.17) is 4.98 Å². The van der Waals surface area contributed by atoms with Gasteiger partial charge in [-0.15, -0.1) is 11.3 Å². The highest BCUT2D eigenvalue weighted by Crippen LogP contribution is 2.35. The van der Waals surface area contributed by atoms with Crippen molar-refractivity contribution in [1.29, 1.82) is 0 Å². The summed E-state index contributed by atoms with van der Waals surface area (Å²) in [5.74, 6) is 0.297. The summed E-state index contributed by atoms with van der Waals surface area (Å²) in [5.41, 5.74) is 5.09. The molecular weight excluding hydrogens is 392 g/mol. The molecule has 1 aromatic heterocycles. The maximum Gasteiger partial charge on any atom is 0.236 e. The highest BCUT2D eigenvalue weighted by Gasteiger charge is 2.30. The Balaban J connectivity index is 1.20. The second-order valence-electron chi connectivity index (χ2n) is 9.12. The second kappa shape index (κ2) is 8.40. The molecule has 0 spiro atoms. The largest absolute Gasteiger partial charge is 0.339 e. The topological polar surface area (TPSA) is 39.7 Å². The van der Waals surface area contributed by atoms with Gasteiger partial charge >= 0.3 is 0 Å². The maximum atomic E-state index is 12.9. The van der Waals surface area contributed by atoms with E-state index in [1.807, 2.05) is 11.3 Å². The van der Waals surface area contributed by atoms with E-state index in [9.17, 15) is 4.79 Å². The Labute approximate surface area is 183 Å². The summed E-state index contributed by atoms with van der Waals surface area (Å²) in [7, 11) is 0. The second-order valence-corrected chi connectivity index (χ2v) is 10.2. The molecule has 1 saturated heterocycles. The molecule has 0 unspecified atom stereocenters. The number of amides is 1. The molecule has 6 heteroatoms. The standard InChI is InChI=1S/C24H32N4OS/c1-17-5-3-6-18(2)23(17)24-25-20-9-10-26(15-21(20)30-24)16-22(29)28-13-11-27(12-14-28)19-7-4-8-19/h3,5-6,19H,4,7-16H2,1-2H3. The van der Waals surface area contributed by atoms with Gasteiger partial charge in [-0.3, -0.25) is 14.6 Å². The zero-order chi connectivity index (χ0) is 20.7. The van der Waals surface area contributed by atoms with E-state index in [1.54, 1.807) is 0 Å². The van der Waals surface area contributed by atoms with Gasteiger partial charge in [0, 0.05) is 62.2 Å². The van der Waals surface area contributed by atoms with Gasteiger partial charge in [0.2, 0.25) is 5.91 Å². The summed E-state index contributed by atoms with van der Waals surface area (Å²) in [6, 6.07) is 7.23. The number of aryl methyl sites for hydroxylation is 2. The number of rotatable bonds is 4. The number of carbonyl (C=O) groups is 1. The molecule has 0 atom stereocenters. The van der Waals surface area contributed by atoms with Crippen LogP contribution in [-0.2, 0) is 17.8 Å². The van der Waals surface area contributed by atoms with Crippen molar-refractivity contribution in [1.82, 2.24) is 19.7 Å². The molecule has 0 N–H and O–H groups in total. The highest BCUT2D eigenvalue weighted by molar-refractivity contribution is 7.15. The molecule has 160 valence electrons. The molecule has 5 rings (SSSR count). The molecule has 5 nitrogen and oxygen atoms in total. The summed E-state index contributed by atoms with van der Waals surface area (Å²) in [4.78, 5) is 26.2. The average molecular weight is 425 g/mol. The number of thiazole rings is 1. The monoisotopic (exact) mass is 424 g/mol. The lowest BCUT2D eigenvalue weighted by atomic mass is 9.91. The lowest BCUT2D eigenvalue weighted by Gasteiger charge is -2.43. The van der Waals surface area contributed by atoms with E-state index in [0.29, 0.717) is 12.5 Å². The summed E-state index contributed by atoms with van der Waals surface area (Å²) >= 11 is 1.81. The first-order valence-electron chi connectivity index (χ1n) is 11.4. The molecule has 30 heavy (non-hydrogen) atoms. The van der Waals surface area contributed by atoms with Crippen molar-refractivity contribution in [3.8, 4) is 10.6 Å². The number of hydrogen-bond acceptors (Lipinski definition) is 5. The molecule has 1 aromatic carbocycles. The van der Waals surface area contributed by atoms with Crippen LogP contribution in [0.25, 0.3) is 10.6 Å². The number of nitrogens with zero attached hydrogens (tertiary/aromatic N) is 4. The first-order valence-corrected chi connectivity index (χ1v) is 12.2. The fourth-order valence-corrected chi connectivity index (χ4v) is 6.35. The Bertz CT molecular complexity index is 907. The minimum atomic E-state index is 0.297. The molecule has 3 heterocycles. The zero-order valence-electron chi connectivity index (χ0n) is 18.2. The third-order valence-electron chi connectivity index (χ3n) is 7.12. The molecule has 0 bridgehead atoms. The van der Waals surface area contributed by atoms with Crippen LogP contribution >= 0.6 is 11.3 Å². The number of fused-ring (bicyclic) bond motifs is 1. The number of carbonyl (C=O) groups excluding carboxylic acids is 1. The van der Waals surface area contributed by atoms with Crippen LogP contribution in [0.5, 0.6) is 0 Å². The van der Waals surface area contributed by atoms with Crippen LogP contribution in [0.1, 0.15) is 41.0 Å². The van der Waals surface area contributed by atoms with Gasteiger partial charge in [-0.05, 0) is 37.8 Å². The van der Waals surface area contributed by atoms with Crippen LogP contribution in [0.3, 0.4) is 0 Å². The van der Waals surface area contributed by atoms with Crippen LogP contribution < -0.4 is 0 Å². The molecule has 1 saturated carbocycles. The molecule has 0 radical (unpaired) electrons. The van der Waals surface area contributed by atoms with E-state index in [0.717, 1.165) is 56.7 Å². The van der Waals surface area contributed by atoms with Crippen molar-refractivity contribution < 1.29 is 4.79 Å². The average Bonchev–Trinajstić information content (AvgIpc) is 3.10. The zero-order valence-corrected chi connectivity index (χ0v) is 19.0. The van der Waals surface area contributed by atoms with Crippen molar-refractivity contribution >= 4 is 17.2 Å². The van der Waals surface area contributed by atoms with Gasteiger partial charge in [0.25, 0.3) is 0 Å². The van der Waals surface area contributed by atoms with Crippen molar-refractivity contribution in [2.24, 2.45) is 0 Å². The van der Waals surface area contributed by atoms with Crippen LogP contribution in [0.4, 0.5) is 0 Å². The Hall–Kier alpha value is -1.76. The van der Waals surface area contributed by atoms with Crippen molar-refractivity contribution in [3.05, 3.63) is 39.9 Å². The predicted octanol–water partition coefficient (Wildman–Crippen LogP) is 3.48. The fraction of sp³-hybridized carbons (Fsp3) is 0.583. The first kappa shape index (κ1) is 20.2. The van der Waals surface area contributed by atoms with Crippen LogP contribution in [0, 0.1) is 13.8 Å². The smallest absolute Gasteiger partial charge is 0.236 e. The molecule has 2 fully saturated rings. The predicted molar refractivity (Wildman–Crippen MR) is 122 cm³/mol. The number of aromatic nitrogens is 1. The van der Waals surface area contributed by atoms with Gasteiger partial charge in [-0.25, -0.2) is 4.98 Å².